The lowest BCUT2D eigenvalue weighted by Gasteiger charge is -2.12. The number of rotatable bonds is 4. The minimum atomic E-state index is -3.66. The first-order valence-corrected chi connectivity index (χ1v) is 9.57. The average Bonchev–Trinajstić information content (AvgIpc) is 2.54. The Hall–Kier alpha value is -2.60. The van der Waals surface area contributed by atoms with Gasteiger partial charge in [0.15, 0.2) is 0 Å². The maximum atomic E-state index is 12.5. The summed E-state index contributed by atoms with van der Waals surface area (Å²) in [5.41, 5.74) is 2.84. The summed E-state index contributed by atoms with van der Waals surface area (Å²) in [5, 5.41) is 0.767. The summed E-state index contributed by atoms with van der Waals surface area (Å²) < 4.78 is 33.2. The Morgan fingerprint density at radius 2 is 1.68 bits per heavy atom. The van der Waals surface area contributed by atoms with E-state index in [4.69, 9.17) is 8.60 Å². The lowest BCUT2D eigenvalue weighted by molar-refractivity contribution is 0.489. The Kier molecular flexibility index (Phi) is 4.39. The van der Waals surface area contributed by atoms with Crippen LogP contribution in [0.3, 0.4) is 0 Å². The first-order valence-electron chi connectivity index (χ1n) is 7.75. The third-order valence-electron chi connectivity index (χ3n) is 4.12. The highest BCUT2D eigenvalue weighted by Gasteiger charge is 2.17. The molecule has 0 amide bonds. The molecule has 3 rings (SSSR count). The summed E-state index contributed by atoms with van der Waals surface area (Å²) in [6.07, 6.45) is 1.45. The van der Waals surface area contributed by atoms with Gasteiger partial charge in [0, 0.05) is 22.9 Å². The topological polar surface area (TPSA) is 73.6 Å². The molecule has 5 nitrogen and oxygen atoms in total. The van der Waals surface area contributed by atoms with Crippen molar-refractivity contribution in [3.8, 4) is 5.75 Å². The van der Waals surface area contributed by atoms with Crippen LogP contribution in [0.2, 0.25) is 0 Å². The van der Waals surface area contributed by atoms with Gasteiger partial charge in [-0.05, 0) is 37.1 Å². The van der Waals surface area contributed by atoms with E-state index in [-0.39, 0.29) is 5.75 Å². The molecular formula is C19H18O5S. The molecule has 0 unspecified atom stereocenters. The maximum absolute atomic E-state index is 12.5. The Morgan fingerprint density at radius 1 is 1.00 bits per heavy atom. The fourth-order valence-electron chi connectivity index (χ4n) is 2.83. The molecule has 0 atom stereocenters. The van der Waals surface area contributed by atoms with E-state index >= 15 is 0 Å². The number of hydrogen-bond acceptors (Lipinski definition) is 5. The second-order valence-corrected chi connectivity index (χ2v) is 7.58. The van der Waals surface area contributed by atoms with Crippen molar-refractivity contribution >= 4 is 21.1 Å². The van der Waals surface area contributed by atoms with E-state index in [0.29, 0.717) is 23.1 Å². The van der Waals surface area contributed by atoms with E-state index in [2.05, 4.69) is 0 Å². The van der Waals surface area contributed by atoms with Crippen molar-refractivity contribution in [2.75, 3.05) is 6.26 Å². The lowest BCUT2D eigenvalue weighted by atomic mass is 9.98. The summed E-state index contributed by atoms with van der Waals surface area (Å²) in [5.74, 6) is 0.161. The number of benzene rings is 2. The zero-order valence-corrected chi connectivity index (χ0v) is 15.0. The minimum absolute atomic E-state index is 0.161. The van der Waals surface area contributed by atoms with Gasteiger partial charge in [0.05, 0.1) is 6.26 Å². The highest BCUT2D eigenvalue weighted by Crippen LogP contribution is 2.30. The number of aryl methyl sites for hydroxylation is 2. The van der Waals surface area contributed by atoms with Gasteiger partial charge in [-0.1, -0.05) is 30.3 Å². The van der Waals surface area contributed by atoms with E-state index in [1.165, 1.54) is 0 Å². The monoisotopic (exact) mass is 358 g/mol. The van der Waals surface area contributed by atoms with Crippen LogP contribution < -0.4 is 9.81 Å². The smallest absolute Gasteiger partial charge is 0.340 e. The molecule has 0 saturated carbocycles. The molecule has 1 heterocycles. The van der Waals surface area contributed by atoms with Gasteiger partial charge < -0.3 is 8.60 Å². The van der Waals surface area contributed by atoms with Crippen LogP contribution >= 0.6 is 0 Å². The van der Waals surface area contributed by atoms with Crippen molar-refractivity contribution in [3.05, 3.63) is 75.1 Å². The van der Waals surface area contributed by atoms with Gasteiger partial charge >= 0.3 is 15.7 Å². The highest BCUT2D eigenvalue weighted by atomic mass is 32.2. The highest BCUT2D eigenvalue weighted by molar-refractivity contribution is 7.86. The third-order valence-corrected chi connectivity index (χ3v) is 4.60. The Bertz CT molecular complexity index is 1100. The summed E-state index contributed by atoms with van der Waals surface area (Å²) in [6.45, 7) is 3.54. The van der Waals surface area contributed by atoms with Gasteiger partial charge in [0.1, 0.15) is 11.3 Å². The van der Waals surface area contributed by atoms with E-state index in [1.807, 2.05) is 37.3 Å². The maximum Gasteiger partial charge on any atom is 0.340 e. The Labute approximate surface area is 146 Å². The van der Waals surface area contributed by atoms with Gasteiger partial charge in [0.2, 0.25) is 0 Å². The van der Waals surface area contributed by atoms with E-state index in [1.54, 1.807) is 19.1 Å². The van der Waals surface area contributed by atoms with Crippen LogP contribution in [0.15, 0.2) is 51.7 Å². The predicted molar refractivity (Wildman–Crippen MR) is 96.7 cm³/mol. The molecule has 0 aliphatic rings. The zero-order chi connectivity index (χ0) is 18.2. The zero-order valence-electron chi connectivity index (χ0n) is 14.2. The Morgan fingerprint density at radius 3 is 2.32 bits per heavy atom. The Balaban J connectivity index is 2.15. The fraction of sp³-hybridized carbons (Fsp3) is 0.211. The molecule has 25 heavy (non-hydrogen) atoms. The van der Waals surface area contributed by atoms with Gasteiger partial charge in [-0.3, -0.25) is 0 Å². The first-order chi connectivity index (χ1) is 11.8. The third kappa shape index (κ3) is 3.58. The quantitative estimate of drug-likeness (QED) is 0.528. The molecule has 0 saturated heterocycles. The van der Waals surface area contributed by atoms with Crippen LogP contribution in [-0.4, -0.2) is 14.7 Å². The van der Waals surface area contributed by atoms with Gasteiger partial charge in [0.25, 0.3) is 0 Å². The summed E-state index contributed by atoms with van der Waals surface area (Å²) in [7, 11) is -3.66. The van der Waals surface area contributed by atoms with Crippen LogP contribution in [0.5, 0.6) is 5.75 Å². The summed E-state index contributed by atoms with van der Waals surface area (Å²) >= 11 is 0. The van der Waals surface area contributed by atoms with Crippen molar-refractivity contribution in [1.29, 1.82) is 0 Å². The molecule has 0 fully saturated rings. The van der Waals surface area contributed by atoms with Crippen LogP contribution in [0.1, 0.15) is 22.3 Å². The second kappa shape index (κ2) is 6.37. The van der Waals surface area contributed by atoms with E-state index in [9.17, 15) is 13.2 Å². The number of fused-ring (bicyclic) bond motifs is 1. The normalized spacial score (nSPS) is 11.6. The lowest BCUT2D eigenvalue weighted by Crippen LogP contribution is -2.12. The van der Waals surface area contributed by atoms with Crippen molar-refractivity contribution < 1.29 is 17.0 Å². The minimum Gasteiger partial charge on any atom is -0.422 e. The molecule has 130 valence electrons. The van der Waals surface area contributed by atoms with Crippen molar-refractivity contribution in [2.45, 2.75) is 20.3 Å². The molecule has 3 aromatic rings. The molecule has 6 heteroatoms. The second-order valence-electron chi connectivity index (χ2n) is 6.01. The van der Waals surface area contributed by atoms with Crippen molar-refractivity contribution in [1.82, 2.24) is 0 Å². The summed E-state index contributed by atoms with van der Waals surface area (Å²) in [4.78, 5) is 12.5. The van der Waals surface area contributed by atoms with Crippen LogP contribution in [-0.2, 0) is 16.5 Å². The van der Waals surface area contributed by atoms with Gasteiger partial charge in [-0.25, -0.2) is 4.79 Å². The molecule has 0 aliphatic carbocycles. The summed E-state index contributed by atoms with van der Waals surface area (Å²) in [6, 6.07) is 13.0. The molecular weight excluding hydrogens is 340 g/mol. The van der Waals surface area contributed by atoms with E-state index in [0.717, 1.165) is 22.8 Å². The SMILES string of the molecule is Cc1c(Cc2ccccc2)c(=O)oc2c(C)c(OS(C)(=O)=O)ccc12. The molecule has 2 aromatic carbocycles. The van der Waals surface area contributed by atoms with Crippen LogP contribution in [0.4, 0.5) is 0 Å². The fourth-order valence-corrected chi connectivity index (χ4v) is 3.34. The van der Waals surface area contributed by atoms with Crippen LogP contribution in [0.25, 0.3) is 11.0 Å². The first kappa shape index (κ1) is 17.2. The molecule has 1 aromatic heterocycles. The van der Waals surface area contributed by atoms with Crippen LogP contribution in [0, 0.1) is 13.8 Å². The predicted octanol–water partition coefficient (Wildman–Crippen LogP) is 3.34. The molecule has 0 N–H and O–H groups in total. The van der Waals surface area contributed by atoms with Crippen molar-refractivity contribution in [2.24, 2.45) is 0 Å². The molecule has 0 aliphatic heterocycles. The molecule has 0 bridgehead atoms. The van der Waals surface area contributed by atoms with Gasteiger partial charge in [-0.2, -0.15) is 8.42 Å². The average molecular weight is 358 g/mol. The van der Waals surface area contributed by atoms with E-state index < -0.39 is 15.7 Å². The standard InChI is InChI=1S/C19H18O5S/c1-12-15-9-10-17(24-25(3,21)22)13(2)18(15)23-19(20)16(12)11-14-7-5-4-6-8-14/h4-10H,11H2,1-3H3. The van der Waals surface area contributed by atoms with Crippen molar-refractivity contribution in [3.63, 3.8) is 0 Å². The molecule has 0 radical (unpaired) electrons. The molecule has 0 spiro atoms. The largest absolute Gasteiger partial charge is 0.422 e. The van der Waals surface area contributed by atoms with Gasteiger partial charge in [-0.15, -0.1) is 0 Å². The number of hydrogen-bond donors (Lipinski definition) is 0.